The second kappa shape index (κ2) is 8.42. The minimum absolute atomic E-state index is 0.0616. The van der Waals surface area contributed by atoms with E-state index >= 15 is 0 Å². The number of anilines is 2. The molecule has 3 rings (SSSR count). The van der Waals surface area contributed by atoms with Gasteiger partial charge in [0, 0.05) is 38.0 Å². The highest BCUT2D eigenvalue weighted by Crippen LogP contribution is 2.30. The molecule has 0 spiro atoms. The molecular formula is C22H27N3O3. The van der Waals surface area contributed by atoms with Crippen molar-refractivity contribution in [1.29, 1.82) is 0 Å². The van der Waals surface area contributed by atoms with Gasteiger partial charge < -0.3 is 9.80 Å². The minimum Gasteiger partial charge on any atom is -0.371 e. The van der Waals surface area contributed by atoms with Gasteiger partial charge in [0.05, 0.1) is 16.2 Å². The molecule has 1 amide bonds. The minimum atomic E-state index is -0.448. The highest BCUT2D eigenvalue weighted by molar-refractivity contribution is 6.09. The first-order valence-corrected chi connectivity index (χ1v) is 9.80. The average molecular weight is 381 g/mol. The van der Waals surface area contributed by atoms with E-state index < -0.39 is 4.92 Å². The number of hydrogen-bond donors (Lipinski definition) is 0. The summed E-state index contributed by atoms with van der Waals surface area (Å²) in [5, 5.41) is 11.3. The topological polar surface area (TPSA) is 66.7 Å². The molecule has 1 fully saturated rings. The van der Waals surface area contributed by atoms with Crippen molar-refractivity contribution in [2.45, 2.75) is 39.0 Å². The van der Waals surface area contributed by atoms with Crippen LogP contribution in [0.4, 0.5) is 17.1 Å². The molecule has 1 heterocycles. The number of benzene rings is 2. The standard InChI is InChI=1S/C22H27N3O3/c1-16(2)17-8-7-9-18(14-17)23(3)22(26)20-15-19(25(27)28)10-11-21(20)24-12-5-4-6-13-24/h7-11,14-16H,4-6,12-13H2,1-3H3. The molecule has 0 aliphatic carbocycles. The van der Waals surface area contributed by atoms with Crippen LogP contribution in [0, 0.1) is 10.1 Å². The van der Waals surface area contributed by atoms with E-state index in [0.717, 1.165) is 42.9 Å². The Labute approximate surface area is 165 Å². The first-order valence-electron chi connectivity index (χ1n) is 9.80. The first-order chi connectivity index (χ1) is 13.4. The van der Waals surface area contributed by atoms with Crippen LogP contribution < -0.4 is 9.80 Å². The van der Waals surface area contributed by atoms with Crippen LogP contribution in [0.3, 0.4) is 0 Å². The van der Waals surface area contributed by atoms with Gasteiger partial charge in [-0.25, -0.2) is 0 Å². The summed E-state index contributed by atoms with van der Waals surface area (Å²) < 4.78 is 0. The van der Waals surface area contributed by atoms with Gasteiger partial charge >= 0.3 is 0 Å². The second-order valence-electron chi connectivity index (χ2n) is 7.62. The number of carbonyl (C=O) groups is 1. The summed E-state index contributed by atoms with van der Waals surface area (Å²) in [4.78, 5) is 27.9. The number of carbonyl (C=O) groups excluding carboxylic acids is 1. The third-order valence-electron chi connectivity index (χ3n) is 5.35. The second-order valence-corrected chi connectivity index (χ2v) is 7.62. The normalized spacial score (nSPS) is 14.2. The fourth-order valence-corrected chi connectivity index (χ4v) is 3.61. The molecule has 2 aromatic carbocycles. The van der Waals surface area contributed by atoms with Gasteiger partial charge in [-0.1, -0.05) is 26.0 Å². The van der Waals surface area contributed by atoms with Gasteiger partial charge in [-0.3, -0.25) is 14.9 Å². The van der Waals surface area contributed by atoms with Crippen LogP contribution in [0.15, 0.2) is 42.5 Å². The van der Waals surface area contributed by atoms with Crippen LogP contribution in [-0.2, 0) is 0 Å². The number of nitro benzene ring substituents is 1. The fourth-order valence-electron chi connectivity index (χ4n) is 3.61. The molecule has 0 saturated carbocycles. The van der Waals surface area contributed by atoms with Crippen molar-refractivity contribution in [1.82, 2.24) is 0 Å². The smallest absolute Gasteiger partial charge is 0.270 e. The van der Waals surface area contributed by atoms with Gasteiger partial charge in [-0.2, -0.15) is 0 Å². The summed E-state index contributed by atoms with van der Waals surface area (Å²) in [6, 6.07) is 12.5. The van der Waals surface area contributed by atoms with Crippen molar-refractivity contribution < 1.29 is 9.72 Å². The van der Waals surface area contributed by atoms with Gasteiger partial charge in [0.1, 0.15) is 0 Å². The molecular weight excluding hydrogens is 354 g/mol. The number of non-ortho nitro benzene ring substituents is 1. The maximum absolute atomic E-state index is 13.3. The van der Waals surface area contributed by atoms with Crippen molar-refractivity contribution in [2.75, 3.05) is 29.9 Å². The number of amides is 1. The SMILES string of the molecule is CC(C)c1cccc(N(C)C(=O)c2cc([N+](=O)[O-])ccc2N2CCCCC2)c1. The Balaban J connectivity index is 1.99. The van der Waals surface area contributed by atoms with Gasteiger partial charge in [0.25, 0.3) is 11.6 Å². The van der Waals surface area contributed by atoms with Gasteiger partial charge in [0.15, 0.2) is 0 Å². The van der Waals surface area contributed by atoms with Crippen LogP contribution in [0.25, 0.3) is 0 Å². The molecule has 0 radical (unpaired) electrons. The van der Waals surface area contributed by atoms with E-state index in [-0.39, 0.29) is 11.6 Å². The predicted octanol–water partition coefficient (Wildman–Crippen LogP) is 4.99. The Morgan fingerprint density at radius 3 is 2.46 bits per heavy atom. The monoisotopic (exact) mass is 381 g/mol. The molecule has 0 atom stereocenters. The Bertz CT molecular complexity index is 873. The maximum Gasteiger partial charge on any atom is 0.270 e. The summed E-state index contributed by atoms with van der Waals surface area (Å²) in [5.41, 5.74) is 3.03. The summed E-state index contributed by atoms with van der Waals surface area (Å²) in [5.74, 6) is 0.121. The molecule has 1 saturated heterocycles. The first kappa shape index (κ1) is 19.9. The Hall–Kier alpha value is -2.89. The van der Waals surface area contributed by atoms with E-state index in [1.165, 1.54) is 18.6 Å². The van der Waals surface area contributed by atoms with E-state index in [4.69, 9.17) is 0 Å². The van der Waals surface area contributed by atoms with Crippen LogP contribution in [0.2, 0.25) is 0 Å². The van der Waals surface area contributed by atoms with Crippen LogP contribution in [0.1, 0.15) is 54.9 Å². The van der Waals surface area contributed by atoms with Crippen LogP contribution in [0.5, 0.6) is 0 Å². The molecule has 148 valence electrons. The van der Waals surface area contributed by atoms with E-state index in [2.05, 4.69) is 18.7 Å². The highest BCUT2D eigenvalue weighted by atomic mass is 16.6. The number of piperidine rings is 1. The summed E-state index contributed by atoms with van der Waals surface area (Å²) in [7, 11) is 1.72. The van der Waals surface area contributed by atoms with Gasteiger partial charge in [-0.05, 0) is 48.9 Å². The Morgan fingerprint density at radius 2 is 1.82 bits per heavy atom. The third-order valence-corrected chi connectivity index (χ3v) is 5.35. The van der Waals surface area contributed by atoms with E-state index in [1.807, 2.05) is 24.3 Å². The Morgan fingerprint density at radius 1 is 1.11 bits per heavy atom. The molecule has 0 N–H and O–H groups in total. The van der Waals surface area contributed by atoms with E-state index in [0.29, 0.717) is 11.5 Å². The lowest BCUT2D eigenvalue weighted by Gasteiger charge is -2.31. The molecule has 0 aromatic heterocycles. The average Bonchev–Trinajstić information content (AvgIpc) is 2.72. The molecule has 0 bridgehead atoms. The van der Waals surface area contributed by atoms with Crippen molar-refractivity contribution in [2.24, 2.45) is 0 Å². The molecule has 6 nitrogen and oxygen atoms in total. The maximum atomic E-state index is 13.3. The number of hydrogen-bond acceptors (Lipinski definition) is 4. The molecule has 28 heavy (non-hydrogen) atoms. The lowest BCUT2D eigenvalue weighted by atomic mass is 10.0. The number of nitrogens with zero attached hydrogens (tertiary/aromatic N) is 3. The van der Waals surface area contributed by atoms with Crippen molar-refractivity contribution in [3.8, 4) is 0 Å². The summed E-state index contributed by atoms with van der Waals surface area (Å²) >= 11 is 0. The predicted molar refractivity (Wildman–Crippen MR) is 112 cm³/mol. The Kier molecular flexibility index (Phi) is 5.97. The zero-order chi connectivity index (χ0) is 20.3. The molecule has 2 aromatic rings. The molecule has 1 aliphatic rings. The van der Waals surface area contributed by atoms with Crippen molar-refractivity contribution in [3.05, 3.63) is 63.7 Å². The number of rotatable bonds is 5. The fraction of sp³-hybridized carbons (Fsp3) is 0.409. The third kappa shape index (κ3) is 4.16. The highest BCUT2D eigenvalue weighted by Gasteiger charge is 2.24. The largest absolute Gasteiger partial charge is 0.371 e. The van der Waals surface area contributed by atoms with Gasteiger partial charge in [0.2, 0.25) is 0 Å². The summed E-state index contributed by atoms with van der Waals surface area (Å²) in [6.07, 6.45) is 3.31. The van der Waals surface area contributed by atoms with E-state index in [1.54, 1.807) is 18.0 Å². The van der Waals surface area contributed by atoms with Crippen LogP contribution in [-0.4, -0.2) is 31.0 Å². The number of nitro groups is 1. The zero-order valence-corrected chi connectivity index (χ0v) is 16.7. The molecule has 6 heteroatoms. The lowest BCUT2D eigenvalue weighted by Crippen LogP contribution is -2.33. The van der Waals surface area contributed by atoms with E-state index in [9.17, 15) is 14.9 Å². The zero-order valence-electron chi connectivity index (χ0n) is 16.7. The molecule has 0 unspecified atom stereocenters. The van der Waals surface area contributed by atoms with Crippen LogP contribution >= 0.6 is 0 Å². The van der Waals surface area contributed by atoms with Gasteiger partial charge in [-0.15, -0.1) is 0 Å². The van der Waals surface area contributed by atoms with Crippen molar-refractivity contribution in [3.63, 3.8) is 0 Å². The lowest BCUT2D eigenvalue weighted by molar-refractivity contribution is -0.384. The van der Waals surface area contributed by atoms with Crippen molar-refractivity contribution >= 4 is 23.0 Å². The quantitative estimate of drug-likeness (QED) is 0.541. The molecule has 1 aliphatic heterocycles. The summed E-state index contributed by atoms with van der Waals surface area (Å²) in [6.45, 7) is 5.95.